The van der Waals surface area contributed by atoms with Gasteiger partial charge in [0.1, 0.15) is 5.75 Å². The molecule has 2 fully saturated rings. The normalized spacial score (nSPS) is 30.5. The SMILES string of the molecule is CN(CCO)CC(=O)N(C)[C@H]1CCC2C3CCc4cc(OCCCCl)ccc4C3CC[C@@]21C. The van der Waals surface area contributed by atoms with E-state index in [1.807, 2.05) is 23.9 Å². The van der Waals surface area contributed by atoms with Crippen molar-refractivity contribution in [3.05, 3.63) is 29.3 Å². The van der Waals surface area contributed by atoms with Crippen molar-refractivity contribution in [3.63, 3.8) is 0 Å². The van der Waals surface area contributed by atoms with E-state index in [1.54, 1.807) is 0 Å². The summed E-state index contributed by atoms with van der Waals surface area (Å²) in [4.78, 5) is 16.9. The number of hydrogen-bond acceptors (Lipinski definition) is 4. The van der Waals surface area contributed by atoms with E-state index in [2.05, 4.69) is 25.1 Å². The number of amides is 1. The summed E-state index contributed by atoms with van der Waals surface area (Å²) in [7, 11) is 3.90. The molecule has 3 aliphatic carbocycles. The van der Waals surface area contributed by atoms with Gasteiger partial charge < -0.3 is 14.7 Å². The number of benzene rings is 1. The Labute approximate surface area is 204 Å². The number of carbonyl (C=O) groups is 1. The summed E-state index contributed by atoms with van der Waals surface area (Å²) in [6.07, 6.45) is 7.96. The molecule has 0 heterocycles. The van der Waals surface area contributed by atoms with Gasteiger partial charge in [0.05, 0.1) is 19.8 Å². The molecule has 33 heavy (non-hydrogen) atoms. The minimum absolute atomic E-state index is 0.0856. The van der Waals surface area contributed by atoms with E-state index >= 15 is 0 Å². The standard InChI is InChI=1S/C27H41ClN2O3/c1-27-12-11-22-21-8-6-20(33-16-4-13-28)17-19(21)5-7-23(22)24(27)9-10-25(27)30(3)26(32)18-29(2)14-15-31/h6,8,17,22-25,31H,4-5,7,9-16,18H2,1-3H3/t22?,23?,24?,25-,27-/m0/s1. The van der Waals surface area contributed by atoms with E-state index in [0.717, 1.165) is 25.0 Å². The second-order valence-electron chi connectivity index (χ2n) is 10.8. The van der Waals surface area contributed by atoms with Crippen molar-refractivity contribution in [3.8, 4) is 5.75 Å². The topological polar surface area (TPSA) is 53.0 Å². The van der Waals surface area contributed by atoms with E-state index in [4.69, 9.17) is 21.4 Å². The minimum atomic E-state index is 0.0856. The molecule has 184 valence electrons. The number of likely N-dealkylation sites (N-methyl/N-ethyl adjacent to an activating group) is 2. The molecule has 3 unspecified atom stereocenters. The van der Waals surface area contributed by atoms with Crippen molar-refractivity contribution in [1.29, 1.82) is 0 Å². The Morgan fingerprint density at radius 1 is 1.24 bits per heavy atom. The Hall–Kier alpha value is -1.30. The Balaban J connectivity index is 1.45. The maximum Gasteiger partial charge on any atom is 0.236 e. The van der Waals surface area contributed by atoms with Crippen LogP contribution in [0.1, 0.15) is 62.5 Å². The average Bonchev–Trinajstić information content (AvgIpc) is 3.15. The summed E-state index contributed by atoms with van der Waals surface area (Å²) in [5.41, 5.74) is 3.21. The molecule has 0 saturated heterocycles. The molecule has 2 saturated carbocycles. The smallest absolute Gasteiger partial charge is 0.236 e. The van der Waals surface area contributed by atoms with Crippen LogP contribution in [-0.2, 0) is 11.2 Å². The predicted octanol–water partition coefficient (Wildman–Crippen LogP) is 4.30. The summed E-state index contributed by atoms with van der Waals surface area (Å²) < 4.78 is 5.90. The third-order valence-corrected chi connectivity index (χ3v) is 9.21. The molecule has 5 nitrogen and oxygen atoms in total. The van der Waals surface area contributed by atoms with Crippen LogP contribution in [0.25, 0.3) is 0 Å². The molecule has 0 bridgehead atoms. The largest absolute Gasteiger partial charge is 0.494 e. The quantitative estimate of drug-likeness (QED) is 0.426. The van der Waals surface area contributed by atoms with Crippen LogP contribution in [-0.4, -0.2) is 73.1 Å². The lowest BCUT2D eigenvalue weighted by Crippen LogP contribution is -2.52. The van der Waals surface area contributed by atoms with Crippen LogP contribution in [0.2, 0.25) is 0 Å². The maximum absolute atomic E-state index is 13.0. The van der Waals surface area contributed by atoms with Gasteiger partial charge >= 0.3 is 0 Å². The van der Waals surface area contributed by atoms with Crippen molar-refractivity contribution in [1.82, 2.24) is 9.80 Å². The van der Waals surface area contributed by atoms with E-state index in [-0.39, 0.29) is 17.9 Å². The second kappa shape index (κ2) is 10.5. The number of aryl methyl sites for hydroxylation is 1. The molecule has 1 amide bonds. The summed E-state index contributed by atoms with van der Waals surface area (Å²) in [6.45, 7) is 4.13. The zero-order chi connectivity index (χ0) is 23.6. The summed E-state index contributed by atoms with van der Waals surface area (Å²) in [6, 6.07) is 7.05. The molecule has 5 atom stereocenters. The molecule has 1 N–H and O–H groups in total. The highest BCUT2D eigenvalue weighted by Gasteiger charge is 2.56. The molecule has 1 aromatic carbocycles. The Morgan fingerprint density at radius 3 is 2.82 bits per heavy atom. The van der Waals surface area contributed by atoms with Crippen molar-refractivity contribution in [2.24, 2.45) is 17.3 Å². The molecule has 4 rings (SSSR count). The van der Waals surface area contributed by atoms with Crippen molar-refractivity contribution in [2.45, 2.75) is 63.8 Å². The highest BCUT2D eigenvalue weighted by molar-refractivity contribution is 6.17. The molecule has 0 aromatic heterocycles. The fourth-order valence-electron chi connectivity index (χ4n) is 7.27. The van der Waals surface area contributed by atoms with E-state index < -0.39 is 0 Å². The van der Waals surface area contributed by atoms with Gasteiger partial charge in [-0.25, -0.2) is 0 Å². The highest BCUT2D eigenvalue weighted by atomic mass is 35.5. The molecule has 0 spiro atoms. The van der Waals surface area contributed by atoms with Gasteiger partial charge in [0.2, 0.25) is 5.91 Å². The lowest BCUT2D eigenvalue weighted by molar-refractivity contribution is -0.136. The lowest BCUT2D eigenvalue weighted by Gasteiger charge is -2.52. The number of carbonyl (C=O) groups excluding carboxylic acids is 1. The average molecular weight is 477 g/mol. The van der Waals surface area contributed by atoms with Crippen LogP contribution in [0.5, 0.6) is 5.75 Å². The van der Waals surface area contributed by atoms with Crippen LogP contribution in [0.3, 0.4) is 0 Å². The van der Waals surface area contributed by atoms with E-state index in [1.165, 1.54) is 36.8 Å². The van der Waals surface area contributed by atoms with Gasteiger partial charge in [0, 0.05) is 25.5 Å². The number of rotatable bonds is 9. The number of hydrogen-bond donors (Lipinski definition) is 1. The van der Waals surface area contributed by atoms with Gasteiger partial charge in [-0.3, -0.25) is 9.69 Å². The molecular weight excluding hydrogens is 436 g/mol. The molecular formula is C27H41ClN2O3. The minimum Gasteiger partial charge on any atom is -0.494 e. The molecule has 6 heteroatoms. The first-order valence-electron chi connectivity index (χ1n) is 12.8. The summed E-state index contributed by atoms with van der Waals surface area (Å²) >= 11 is 5.78. The number of fused-ring (bicyclic) bond motifs is 5. The summed E-state index contributed by atoms with van der Waals surface area (Å²) in [5.74, 6) is 3.82. The zero-order valence-electron chi connectivity index (χ0n) is 20.6. The number of aliphatic hydroxyl groups is 1. The number of ether oxygens (including phenoxy) is 1. The molecule has 0 aliphatic heterocycles. The Bertz CT molecular complexity index is 834. The number of halogens is 1. The van der Waals surface area contributed by atoms with Crippen LogP contribution in [0, 0.1) is 17.3 Å². The second-order valence-corrected chi connectivity index (χ2v) is 11.1. The molecule has 1 aromatic rings. The molecule has 3 aliphatic rings. The van der Waals surface area contributed by atoms with Gasteiger partial charge in [0.15, 0.2) is 0 Å². The number of nitrogens with zero attached hydrogens (tertiary/aromatic N) is 2. The van der Waals surface area contributed by atoms with Crippen LogP contribution < -0.4 is 4.74 Å². The fraction of sp³-hybridized carbons (Fsp3) is 0.741. The van der Waals surface area contributed by atoms with Crippen LogP contribution in [0.15, 0.2) is 18.2 Å². The Morgan fingerprint density at radius 2 is 2.06 bits per heavy atom. The molecule has 0 radical (unpaired) electrons. The van der Waals surface area contributed by atoms with Gasteiger partial charge in [0.25, 0.3) is 0 Å². The highest BCUT2D eigenvalue weighted by Crippen LogP contribution is 2.61. The van der Waals surface area contributed by atoms with Gasteiger partial charge in [-0.2, -0.15) is 0 Å². The monoisotopic (exact) mass is 476 g/mol. The van der Waals surface area contributed by atoms with Crippen LogP contribution >= 0.6 is 11.6 Å². The summed E-state index contributed by atoms with van der Waals surface area (Å²) in [5, 5.41) is 9.16. The van der Waals surface area contributed by atoms with Crippen molar-refractivity contribution in [2.75, 3.05) is 46.3 Å². The van der Waals surface area contributed by atoms with Crippen LogP contribution in [0.4, 0.5) is 0 Å². The lowest BCUT2D eigenvalue weighted by atomic mass is 9.55. The zero-order valence-corrected chi connectivity index (χ0v) is 21.3. The van der Waals surface area contributed by atoms with E-state index in [9.17, 15) is 4.79 Å². The first-order valence-corrected chi connectivity index (χ1v) is 13.3. The van der Waals surface area contributed by atoms with Crippen molar-refractivity contribution >= 4 is 17.5 Å². The third kappa shape index (κ3) is 4.92. The third-order valence-electron chi connectivity index (χ3n) is 8.94. The maximum atomic E-state index is 13.0. The first-order chi connectivity index (χ1) is 15.9. The number of alkyl halides is 1. The van der Waals surface area contributed by atoms with Gasteiger partial charge in [-0.1, -0.05) is 13.0 Å². The van der Waals surface area contributed by atoms with Crippen molar-refractivity contribution < 1.29 is 14.6 Å². The Kier molecular flexibility index (Phi) is 7.92. The van der Waals surface area contributed by atoms with Gasteiger partial charge in [-0.15, -0.1) is 11.6 Å². The fourth-order valence-corrected chi connectivity index (χ4v) is 7.38. The number of aliphatic hydroxyl groups excluding tert-OH is 1. The predicted molar refractivity (Wildman–Crippen MR) is 133 cm³/mol. The van der Waals surface area contributed by atoms with Gasteiger partial charge in [-0.05, 0) is 98.4 Å². The van der Waals surface area contributed by atoms with E-state index in [0.29, 0.717) is 49.4 Å². The first kappa shape index (κ1) is 24.8.